The van der Waals surface area contributed by atoms with Gasteiger partial charge in [0, 0.05) is 6.42 Å². The predicted molar refractivity (Wildman–Crippen MR) is 152 cm³/mol. The van der Waals surface area contributed by atoms with Crippen LogP contribution < -0.4 is 10.4 Å². The fourth-order valence-corrected chi connectivity index (χ4v) is 13.6. The summed E-state index contributed by atoms with van der Waals surface area (Å²) in [5.41, 5.74) is -1.87. The molecular formula is C33H36O6Si. The lowest BCUT2D eigenvalue weighted by Gasteiger charge is -2.49. The summed E-state index contributed by atoms with van der Waals surface area (Å²) in [5.74, 6) is -1.20. The summed E-state index contributed by atoms with van der Waals surface area (Å²) in [6.07, 6.45) is 8.24. The van der Waals surface area contributed by atoms with E-state index >= 15 is 0 Å². The molecule has 40 heavy (non-hydrogen) atoms. The number of rotatable bonds is 4. The maximum Gasteiger partial charge on any atom is 0.320 e. The molecule has 4 spiro atoms. The zero-order chi connectivity index (χ0) is 27.4. The molecule has 208 valence electrons. The number of hydrogen-bond donors (Lipinski definition) is 0. The molecule has 5 aliphatic heterocycles. The van der Waals surface area contributed by atoms with E-state index in [4.69, 9.17) is 23.4 Å². The molecule has 6 nitrogen and oxygen atoms in total. The summed E-state index contributed by atoms with van der Waals surface area (Å²) in [7, 11) is -2.92. The minimum absolute atomic E-state index is 0.205. The van der Waals surface area contributed by atoms with Crippen molar-refractivity contribution < 1.29 is 28.2 Å². The van der Waals surface area contributed by atoms with Gasteiger partial charge in [-0.15, -0.1) is 0 Å². The number of hydrogen-bond acceptors (Lipinski definition) is 6. The van der Waals surface area contributed by atoms with Gasteiger partial charge in [0.1, 0.15) is 11.5 Å². The average Bonchev–Trinajstić information content (AvgIpc) is 3.71. The summed E-state index contributed by atoms with van der Waals surface area (Å²) in [5, 5.41) is 2.21. The average molecular weight is 557 g/mol. The summed E-state index contributed by atoms with van der Waals surface area (Å²) < 4.78 is 33.9. The maximum atomic E-state index is 14.3. The SMILES string of the molecule is CC(C)(C)[Si](O[C@H]1CCC2=C[C@@]34CCC5(OCCO5)[C@]35C=C[C@@H](O5)[C@]21OC4=O)(c1ccccc1)c1ccccc1. The Kier molecular flexibility index (Phi) is 5.06. The lowest BCUT2D eigenvalue weighted by Crippen LogP contribution is -2.70. The van der Waals surface area contributed by atoms with Crippen molar-refractivity contribution in [2.45, 2.75) is 80.7 Å². The van der Waals surface area contributed by atoms with E-state index in [0.717, 1.165) is 18.4 Å². The first kappa shape index (κ1) is 25.2. The van der Waals surface area contributed by atoms with E-state index < -0.39 is 36.8 Å². The van der Waals surface area contributed by atoms with Crippen molar-refractivity contribution in [2.75, 3.05) is 13.2 Å². The van der Waals surface area contributed by atoms with E-state index in [9.17, 15) is 4.79 Å². The molecule has 0 unspecified atom stereocenters. The summed E-state index contributed by atoms with van der Waals surface area (Å²) in [6, 6.07) is 21.3. The molecule has 2 aliphatic carbocycles. The summed E-state index contributed by atoms with van der Waals surface area (Å²) in [4.78, 5) is 14.3. The standard InChI is InChI=1S/C33H36O6Si/c1-29(2,3)40(24-10-6-4-7-11-24,25-12-8-5-9-13-25)39-27-15-14-23-22-30-18-19-32(35-20-21-36-32)31(30)17-16-26(37-31)33(23,27)38-28(30)34/h4-13,16-17,22,26-27H,14-15,18-21H2,1-3H3/t26-,27+,30-,31+,33-/m1/s1. The van der Waals surface area contributed by atoms with Crippen LogP contribution in [0.25, 0.3) is 0 Å². The molecule has 5 atom stereocenters. The van der Waals surface area contributed by atoms with Crippen molar-refractivity contribution in [3.63, 3.8) is 0 Å². The van der Waals surface area contributed by atoms with Crippen molar-refractivity contribution in [2.24, 2.45) is 5.41 Å². The second-order valence-corrected chi connectivity index (χ2v) is 17.5. The van der Waals surface area contributed by atoms with Crippen LogP contribution in [0.3, 0.4) is 0 Å². The van der Waals surface area contributed by atoms with Crippen LogP contribution in [0.2, 0.25) is 5.04 Å². The van der Waals surface area contributed by atoms with Crippen LogP contribution in [0.5, 0.6) is 0 Å². The Morgan fingerprint density at radius 2 is 1.57 bits per heavy atom. The number of benzene rings is 2. The van der Waals surface area contributed by atoms with Gasteiger partial charge in [0.15, 0.2) is 11.2 Å². The zero-order valence-electron chi connectivity index (χ0n) is 23.4. The van der Waals surface area contributed by atoms with Crippen LogP contribution in [0.4, 0.5) is 0 Å². The van der Waals surface area contributed by atoms with Crippen LogP contribution in [0.15, 0.2) is 84.5 Å². The third-order valence-corrected chi connectivity index (χ3v) is 15.6. The van der Waals surface area contributed by atoms with Gasteiger partial charge in [0.05, 0.1) is 19.3 Å². The topological polar surface area (TPSA) is 63.2 Å². The Hall–Kier alpha value is -2.55. The zero-order valence-corrected chi connectivity index (χ0v) is 24.4. The number of esters is 1. The molecule has 2 aromatic carbocycles. The van der Waals surface area contributed by atoms with Gasteiger partial charge >= 0.3 is 5.97 Å². The van der Waals surface area contributed by atoms with Crippen LogP contribution in [0.1, 0.15) is 46.5 Å². The van der Waals surface area contributed by atoms with Crippen molar-refractivity contribution in [3.05, 3.63) is 84.5 Å². The van der Waals surface area contributed by atoms with Crippen molar-refractivity contribution in [1.29, 1.82) is 0 Å². The van der Waals surface area contributed by atoms with Crippen molar-refractivity contribution in [3.8, 4) is 0 Å². The maximum absolute atomic E-state index is 14.3. The Morgan fingerprint density at radius 3 is 2.20 bits per heavy atom. The van der Waals surface area contributed by atoms with Gasteiger partial charge in [-0.25, -0.2) is 0 Å². The van der Waals surface area contributed by atoms with Gasteiger partial charge in [-0.05, 0) is 46.3 Å². The Balaban J connectivity index is 1.30. The molecule has 4 fully saturated rings. The lowest BCUT2D eigenvalue weighted by atomic mass is 9.68. The highest BCUT2D eigenvalue weighted by Gasteiger charge is 2.82. The van der Waals surface area contributed by atoms with E-state index in [1.165, 1.54) is 10.4 Å². The molecule has 9 rings (SSSR count). The molecule has 0 radical (unpaired) electrons. The lowest BCUT2D eigenvalue weighted by molar-refractivity contribution is -0.267. The van der Waals surface area contributed by atoms with Gasteiger partial charge in [-0.1, -0.05) is 93.6 Å². The fraction of sp³-hybridized carbons (Fsp3) is 0.485. The minimum Gasteiger partial charge on any atom is -0.448 e. The molecule has 4 bridgehead atoms. The molecule has 5 heterocycles. The highest BCUT2D eigenvalue weighted by Crippen LogP contribution is 2.69. The normalized spacial score (nSPS) is 36.9. The minimum atomic E-state index is -2.92. The van der Waals surface area contributed by atoms with Crippen LogP contribution in [-0.2, 0) is 28.2 Å². The quantitative estimate of drug-likeness (QED) is 0.320. The van der Waals surface area contributed by atoms with E-state index in [2.05, 4.69) is 99.7 Å². The van der Waals surface area contributed by atoms with E-state index in [1.807, 2.05) is 0 Å². The molecule has 0 N–H and O–H groups in total. The molecule has 0 aromatic heterocycles. The Morgan fingerprint density at radius 1 is 0.925 bits per heavy atom. The van der Waals surface area contributed by atoms with E-state index in [-0.39, 0.29) is 17.1 Å². The van der Waals surface area contributed by atoms with Crippen LogP contribution in [0, 0.1) is 5.41 Å². The van der Waals surface area contributed by atoms with Gasteiger partial charge < -0.3 is 23.4 Å². The predicted octanol–water partition coefficient (Wildman–Crippen LogP) is 4.18. The molecule has 7 heteroatoms. The Labute approximate surface area is 236 Å². The molecule has 2 saturated carbocycles. The number of ether oxygens (including phenoxy) is 4. The third-order valence-electron chi connectivity index (χ3n) is 10.5. The first-order valence-corrected chi connectivity index (χ1v) is 16.5. The molecule has 2 aromatic rings. The second-order valence-electron chi connectivity index (χ2n) is 13.2. The number of carbonyl (C=O) groups is 1. The second kappa shape index (κ2) is 8.05. The molecular weight excluding hydrogens is 520 g/mol. The van der Waals surface area contributed by atoms with Crippen LogP contribution >= 0.6 is 0 Å². The van der Waals surface area contributed by atoms with Crippen LogP contribution in [-0.4, -0.2) is 56.7 Å². The number of fused-ring (bicyclic) bond motifs is 1. The smallest absolute Gasteiger partial charge is 0.320 e. The van der Waals surface area contributed by atoms with Gasteiger partial charge in [-0.3, -0.25) is 4.79 Å². The Bertz CT molecular complexity index is 1380. The highest BCUT2D eigenvalue weighted by molar-refractivity contribution is 6.99. The van der Waals surface area contributed by atoms with Gasteiger partial charge in [0.2, 0.25) is 5.79 Å². The third kappa shape index (κ3) is 2.76. The monoisotopic (exact) mass is 556 g/mol. The first-order valence-electron chi connectivity index (χ1n) is 14.6. The molecule has 7 aliphatic rings. The summed E-state index contributed by atoms with van der Waals surface area (Å²) >= 11 is 0. The largest absolute Gasteiger partial charge is 0.448 e. The van der Waals surface area contributed by atoms with E-state index in [1.54, 1.807) is 0 Å². The number of carbonyl (C=O) groups excluding carboxylic acids is 1. The van der Waals surface area contributed by atoms with Crippen molar-refractivity contribution in [1.82, 2.24) is 0 Å². The van der Waals surface area contributed by atoms with Crippen molar-refractivity contribution >= 4 is 24.7 Å². The highest BCUT2D eigenvalue weighted by atomic mass is 28.4. The van der Waals surface area contributed by atoms with E-state index in [0.29, 0.717) is 26.1 Å². The molecule has 0 amide bonds. The van der Waals surface area contributed by atoms with Gasteiger partial charge in [0.25, 0.3) is 8.32 Å². The first-order chi connectivity index (χ1) is 19.2. The summed E-state index contributed by atoms with van der Waals surface area (Å²) in [6.45, 7) is 7.83. The fourth-order valence-electron chi connectivity index (χ4n) is 8.82. The molecule has 2 saturated heterocycles. The van der Waals surface area contributed by atoms with Gasteiger partial charge in [-0.2, -0.15) is 0 Å².